The Labute approximate surface area is 97.0 Å². The number of rotatable bonds is 5. The van der Waals surface area contributed by atoms with E-state index < -0.39 is 0 Å². The summed E-state index contributed by atoms with van der Waals surface area (Å²) in [6, 6.07) is 0. The molecule has 0 unspecified atom stereocenters. The van der Waals surface area contributed by atoms with E-state index in [4.69, 9.17) is 0 Å². The van der Waals surface area contributed by atoms with Gasteiger partial charge in [-0.3, -0.25) is 0 Å². The molecule has 0 aromatic carbocycles. The maximum atomic E-state index is 4.02. The molecule has 0 saturated heterocycles. The van der Waals surface area contributed by atoms with Crippen molar-refractivity contribution in [2.45, 2.75) is 51.0 Å². The molecule has 0 nitrogen and oxygen atoms in total. The number of hydrogen-bond acceptors (Lipinski definition) is 2. The summed E-state index contributed by atoms with van der Waals surface area (Å²) in [6.07, 6.45) is 0. The molecule has 0 saturated carbocycles. The first-order valence-corrected chi connectivity index (χ1v) is 6.93. The van der Waals surface area contributed by atoms with Gasteiger partial charge >= 0.3 is 0 Å². The Kier molecular flexibility index (Phi) is 4.86. The second-order valence-electron chi connectivity index (χ2n) is 4.75. The number of hydrogen-bond donors (Lipinski definition) is 0. The van der Waals surface area contributed by atoms with E-state index in [1.54, 1.807) is 0 Å². The van der Waals surface area contributed by atoms with Crippen LogP contribution in [0.25, 0.3) is 0 Å². The fourth-order valence-electron chi connectivity index (χ4n) is 0.351. The maximum Gasteiger partial charge on any atom is 0.0410 e. The molecule has 0 aromatic rings. The van der Waals surface area contributed by atoms with Gasteiger partial charge in [-0.15, -0.1) is 0 Å². The van der Waals surface area contributed by atoms with Gasteiger partial charge in [0.05, 0.1) is 0 Å². The van der Waals surface area contributed by atoms with E-state index in [2.05, 4.69) is 54.7 Å². The highest BCUT2D eigenvalue weighted by Gasteiger charge is 2.26. The minimum Gasteiger partial charge on any atom is -0.0987 e. The Bertz CT molecular complexity index is 211. The van der Waals surface area contributed by atoms with Crippen molar-refractivity contribution in [2.75, 3.05) is 0 Å². The van der Waals surface area contributed by atoms with Gasteiger partial charge in [-0.25, -0.2) is 0 Å². The lowest BCUT2D eigenvalue weighted by Gasteiger charge is -2.30. The van der Waals surface area contributed by atoms with Gasteiger partial charge < -0.3 is 0 Å². The van der Waals surface area contributed by atoms with Crippen molar-refractivity contribution in [3.63, 3.8) is 0 Å². The van der Waals surface area contributed by atoms with Crippen LogP contribution in [0, 0.1) is 0 Å². The van der Waals surface area contributed by atoms with Gasteiger partial charge in [-0.05, 0) is 41.5 Å². The highest BCUT2D eigenvalue weighted by Crippen LogP contribution is 2.48. The first-order chi connectivity index (χ1) is 6.09. The molecular weight excluding hydrogens is 208 g/mol. The maximum absolute atomic E-state index is 4.02. The van der Waals surface area contributed by atoms with E-state index in [0.717, 1.165) is 0 Å². The third-order valence-electron chi connectivity index (χ3n) is 2.51. The van der Waals surface area contributed by atoms with Gasteiger partial charge in [-0.1, -0.05) is 45.9 Å². The first kappa shape index (κ1) is 14.2. The minimum atomic E-state index is 0.136. The highest BCUT2D eigenvalue weighted by atomic mass is 33.1. The van der Waals surface area contributed by atoms with Crippen LogP contribution in [-0.4, -0.2) is 9.49 Å². The molecule has 0 atom stereocenters. The van der Waals surface area contributed by atoms with E-state index in [9.17, 15) is 0 Å². The zero-order chi connectivity index (χ0) is 11.6. The fourth-order valence-corrected chi connectivity index (χ4v) is 3.16. The summed E-state index contributed by atoms with van der Waals surface area (Å²) in [4.78, 5) is 0. The predicted molar refractivity (Wildman–Crippen MR) is 73.0 cm³/mol. The molecule has 0 bridgehead atoms. The van der Waals surface area contributed by atoms with Crippen LogP contribution in [0.4, 0.5) is 0 Å². The Morgan fingerprint density at radius 1 is 0.786 bits per heavy atom. The van der Waals surface area contributed by atoms with Crippen molar-refractivity contribution >= 4 is 21.6 Å². The standard InChI is InChI=1S/C12H22S2/c1-9(2)11(5,6)13-14-12(7,8)10(3)4/h1,3H2,2,4-8H3. The topological polar surface area (TPSA) is 0 Å². The average Bonchev–Trinajstić information content (AvgIpc) is 2.01. The zero-order valence-corrected chi connectivity index (χ0v) is 11.9. The first-order valence-electron chi connectivity index (χ1n) is 4.78. The second kappa shape index (κ2) is 4.80. The van der Waals surface area contributed by atoms with Crippen LogP contribution in [0.5, 0.6) is 0 Å². The van der Waals surface area contributed by atoms with Gasteiger partial charge in [0.15, 0.2) is 0 Å². The van der Waals surface area contributed by atoms with Crippen LogP contribution in [0.3, 0.4) is 0 Å². The fraction of sp³-hybridized carbons (Fsp3) is 0.667. The molecular formula is C12H22S2. The summed E-state index contributed by atoms with van der Waals surface area (Å²) in [6.45, 7) is 21.0. The Balaban J connectivity index is 4.32. The molecule has 0 aromatic heterocycles. The lowest BCUT2D eigenvalue weighted by Crippen LogP contribution is -2.19. The van der Waals surface area contributed by atoms with E-state index in [0.29, 0.717) is 0 Å². The smallest absolute Gasteiger partial charge is 0.0410 e. The summed E-state index contributed by atoms with van der Waals surface area (Å²) >= 11 is 0. The lowest BCUT2D eigenvalue weighted by molar-refractivity contribution is 0.834. The Morgan fingerprint density at radius 3 is 1.14 bits per heavy atom. The molecule has 2 heteroatoms. The summed E-state index contributed by atoms with van der Waals surface area (Å²) in [7, 11) is 3.76. The average molecular weight is 230 g/mol. The Morgan fingerprint density at radius 2 is 1.00 bits per heavy atom. The molecule has 0 aliphatic rings. The highest BCUT2D eigenvalue weighted by molar-refractivity contribution is 8.77. The largest absolute Gasteiger partial charge is 0.0987 e. The van der Waals surface area contributed by atoms with Crippen LogP contribution in [0.1, 0.15) is 41.5 Å². The van der Waals surface area contributed by atoms with Crippen LogP contribution in [0.2, 0.25) is 0 Å². The SMILES string of the molecule is C=C(C)C(C)(C)SSC(C)(C)C(=C)C. The van der Waals surface area contributed by atoms with E-state index in [1.807, 2.05) is 21.6 Å². The molecule has 0 spiro atoms. The summed E-state index contributed by atoms with van der Waals surface area (Å²) in [5.41, 5.74) is 2.43. The molecule has 14 heavy (non-hydrogen) atoms. The summed E-state index contributed by atoms with van der Waals surface area (Å²) in [5, 5.41) is 0. The lowest BCUT2D eigenvalue weighted by atomic mass is 10.1. The van der Waals surface area contributed by atoms with Crippen LogP contribution in [-0.2, 0) is 0 Å². The quantitative estimate of drug-likeness (QED) is 0.477. The van der Waals surface area contributed by atoms with Crippen molar-refractivity contribution in [1.29, 1.82) is 0 Å². The van der Waals surface area contributed by atoms with Crippen molar-refractivity contribution in [1.82, 2.24) is 0 Å². The third kappa shape index (κ3) is 4.14. The van der Waals surface area contributed by atoms with E-state index in [1.165, 1.54) is 11.1 Å². The molecule has 0 aliphatic heterocycles. The molecule has 0 rings (SSSR count). The third-order valence-corrected chi connectivity index (χ3v) is 6.88. The van der Waals surface area contributed by atoms with Crippen molar-refractivity contribution in [2.24, 2.45) is 0 Å². The molecule has 0 N–H and O–H groups in total. The molecule has 82 valence electrons. The monoisotopic (exact) mass is 230 g/mol. The molecule has 0 amide bonds. The predicted octanol–water partition coefficient (Wildman–Crippen LogP) is 5.08. The van der Waals surface area contributed by atoms with Crippen LogP contribution < -0.4 is 0 Å². The molecule has 0 heterocycles. The van der Waals surface area contributed by atoms with Crippen molar-refractivity contribution in [3.05, 3.63) is 24.3 Å². The van der Waals surface area contributed by atoms with Crippen LogP contribution >= 0.6 is 21.6 Å². The van der Waals surface area contributed by atoms with Gasteiger partial charge in [0.2, 0.25) is 0 Å². The van der Waals surface area contributed by atoms with Gasteiger partial charge in [0, 0.05) is 9.49 Å². The minimum absolute atomic E-state index is 0.136. The molecule has 0 aliphatic carbocycles. The van der Waals surface area contributed by atoms with Crippen molar-refractivity contribution < 1.29 is 0 Å². The van der Waals surface area contributed by atoms with Crippen LogP contribution in [0.15, 0.2) is 24.3 Å². The normalized spacial score (nSPS) is 12.7. The second-order valence-corrected chi connectivity index (χ2v) is 8.12. The van der Waals surface area contributed by atoms with Gasteiger partial charge in [0.1, 0.15) is 0 Å². The van der Waals surface area contributed by atoms with E-state index in [-0.39, 0.29) is 9.49 Å². The Hall–Kier alpha value is 0.180. The zero-order valence-electron chi connectivity index (χ0n) is 10.2. The summed E-state index contributed by atoms with van der Waals surface area (Å²) in [5.74, 6) is 0. The molecule has 0 fully saturated rings. The van der Waals surface area contributed by atoms with E-state index >= 15 is 0 Å². The van der Waals surface area contributed by atoms with Crippen molar-refractivity contribution in [3.8, 4) is 0 Å². The van der Waals surface area contributed by atoms with Gasteiger partial charge in [-0.2, -0.15) is 0 Å². The summed E-state index contributed by atoms with van der Waals surface area (Å²) < 4.78 is 0.273. The van der Waals surface area contributed by atoms with Gasteiger partial charge in [0.25, 0.3) is 0 Å². The molecule has 0 radical (unpaired) electrons.